The first-order valence-corrected chi connectivity index (χ1v) is 7.01. The van der Waals surface area contributed by atoms with Gasteiger partial charge in [0.1, 0.15) is 5.82 Å². The molecule has 1 aliphatic heterocycles. The first kappa shape index (κ1) is 13.0. The van der Waals surface area contributed by atoms with E-state index in [4.69, 9.17) is 23.2 Å². The highest BCUT2D eigenvalue weighted by molar-refractivity contribution is 6.32. The zero-order chi connectivity index (χ0) is 12.4. The quantitative estimate of drug-likeness (QED) is 0.754. The molecule has 2 unspecified atom stereocenters. The van der Waals surface area contributed by atoms with Crippen LogP contribution in [-0.2, 0) is 5.88 Å². The lowest BCUT2D eigenvalue weighted by molar-refractivity contribution is 0.361. The molecule has 0 saturated carbocycles. The van der Waals surface area contributed by atoms with E-state index in [1.807, 2.05) is 6.07 Å². The van der Waals surface area contributed by atoms with Gasteiger partial charge in [-0.05, 0) is 37.3 Å². The summed E-state index contributed by atoms with van der Waals surface area (Å²) in [5.41, 5.74) is 0.962. The summed E-state index contributed by atoms with van der Waals surface area (Å²) in [5.74, 6) is 2.15. The Bertz CT molecular complexity index is 395. The summed E-state index contributed by atoms with van der Waals surface area (Å²) in [6.45, 7) is 5.64. The molecule has 0 aliphatic carbocycles. The molecular weight excluding hydrogens is 255 g/mol. The zero-order valence-electron chi connectivity index (χ0n) is 10.3. The molecule has 17 heavy (non-hydrogen) atoms. The van der Waals surface area contributed by atoms with Crippen molar-refractivity contribution in [2.75, 3.05) is 11.4 Å². The second-order valence-corrected chi connectivity index (χ2v) is 5.50. The number of alkyl halides is 1. The topological polar surface area (TPSA) is 16.1 Å². The molecule has 94 valence electrons. The fourth-order valence-corrected chi connectivity index (χ4v) is 2.85. The average Bonchev–Trinajstić information content (AvgIpc) is 2.34. The van der Waals surface area contributed by atoms with Gasteiger partial charge >= 0.3 is 0 Å². The number of rotatable bonds is 2. The lowest BCUT2D eigenvalue weighted by atomic mass is 9.92. The predicted octanol–water partition coefficient (Wildman–Crippen LogP) is 4.10. The van der Waals surface area contributed by atoms with Gasteiger partial charge in [-0.3, -0.25) is 0 Å². The van der Waals surface area contributed by atoms with E-state index in [-0.39, 0.29) is 0 Å². The van der Waals surface area contributed by atoms with Crippen LogP contribution in [0.4, 0.5) is 5.82 Å². The van der Waals surface area contributed by atoms with E-state index >= 15 is 0 Å². The van der Waals surface area contributed by atoms with Gasteiger partial charge in [0.2, 0.25) is 0 Å². The van der Waals surface area contributed by atoms with Crippen LogP contribution < -0.4 is 4.90 Å². The molecule has 1 aromatic heterocycles. The Morgan fingerprint density at radius 2 is 2.24 bits per heavy atom. The second-order valence-electron chi connectivity index (χ2n) is 4.82. The molecule has 0 bridgehead atoms. The van der Waals surface area contributed by atoms with Crippen molar-refractivity contribution in [1.82, 2.24) is 4.98 Å². The Morgan fingerprint density at radius 3 is 2.94 bits per heavy atom. The summed E-state index contributed by atoms with van der Waals surface area (Å²) in [6, 6.07) is 2.55. The van der Waals surface area contributed by atoms with E-state index in [0.29, 0.717) is 22.9 Å². The molecule has 2 nitrogen and oxygen atoms in total. The minimum atomic E-state index is 0.437. The van der Waals surface area contributed by atoms with Gasteiger partial charge in [0, 0.05) is 24.7 Å². The molecule has 2 rings (SSSR count). The fourth-order valence-electron chi connectivity index (χ4n) is 2.39. The summed E-state index contributed by atoms with van der Waals surface area (Å²) in [5, 5.41) is 0.654. The van der Waals surface area contributed by atoms with Gasteiger partial charge in [0.25, 0.3) is 0 Å². The van der Waals surface area contributed by atoms with Gasteiger partial charge in [-0.2, -0.15) is 0 Å². The molecule has 1 saturated heterocycles. The van der Waals surface area contributed by atoms with E-state index in [9.17, 15) is 0 Å². The van der Waals surface area contributed by atoms with Crippen molar-refractivity contribution < 1.29 is 0 Å². The van der Waals surface area contributed by atoms with Crippen molar-refractivity contribution >= 4 is 29.0 Å². The monoisotopic (exact) mass is 272 g/mol. The minimum Gasteiger partial charge on any atom is -0.354 e. The van der Waals surface area contributed by atoms with Crippen LogP contribution in [0.5, 0.6) is 0 Å². The molecule has 0 aromatic carbocycles. The Balaban J connectivity index is 2.27. The number of aromatic nitrogens is 1. The van der Waals surface area contributed by atoms with Crippen molar-refractivity contribution in [1.29, 1.82) is 0 Å². The summed E-state index contributed by atoms with van der Waals surface area (Å²) in [7, 11) is 0. The van der Waals surface area contributed by atoms with Crippen molar-refractivity contribution in [3.63, 3.8) is 0 Å². The Labute approximate surface area is 113 Å². The van der Waals surface area contributed by atoms with Crippen LogP contribution in [0.15, 0.2) is 12.3 Å². The normalized spacial score (nSPS) is 25.1. The molecular formula is C13H18Cl2N2. The smallest absolute Gasteiger partial charge is 0.129 e. The molecule has 2 atom stereocenters. The van der Waals surface area contributed by atoms with Crippen LogP contribution in [0.3, 0.4) is 0 Å². The number of hydrogen-bond donors (Lipinski definition) is 0. The molecule has 2 heterocycles. The number of piperidine rings is 1. The molecule has 1 aliphatic rings. The van der Waals surface area contributed by atoms with Gasteiger partial charge in [-0.1, -0.05) is 18.5 Å². The number of anilines is 1. The lowest BCUT2D eigenvalue weighted by Crippen LogP contribution is -2.42. The van der Waals surface area contributed by atoms with Gasteiger partial charge in [-0.25, -0.2) is 4.98 Å². The van der Waals surface area contributed by atoms with Crippen molar-refractivity contribution in [2.24, 2.45) is 5.92 Å². The highest BCUT2D eigenvalue weighted by atomic mass is 35.5. The van der Waals surface area contributed by atoms with E-state index < -0.39 is 0 Å². The maximum Gasteiger partial charge on any atom is 0.129 e. The van der Waals surface area contributed by atoms with E-state index in [2.05, 4.69) is 23.7 Å². The number of pyridine rings is 1. The van der Waals surface area contributed by atoms with Gasteiger partial charge < -0.3 is 4.90 Å². The van der Waals surface area contributed by atoms with Crippen LogP contribution >= 0.6 is 23.2 Å². The van der Waals surface area contributed by atoms with Crippen LogP contribution in [0.2, 0.25) is 5.02 Å². The summed E-state index contributed by atoms with van der Waals surface area (Å²) in [4.78, 5) is 6.79. The van der Waals surface area contributed by atoms with Crippen molar-refractivity contribution in [2.45, 2.75) is 38.6 Å². The highest BCUT2D eigenvalue weighted by Gasteiger charge is 2.25. The van der Waals surface area contributed by atoms with Crippen molar-refractivity contribution in [3.8, 4) is 0 Å². The Morgan fingerprint density at radius 1 is 1.47 bits per heavy atom. The number of nitrogens with zero attached hydrogens (tertiary/aromatic N) is 2. The van der Waals surface area contributed by atoms with Gasteiger partial charge in [0.15, 0.2) is 0 Å². The molecule has 0 radical (unpaired) electrons. The molecule has 0 spiro atoms. The van der Waals surface area contributed by atoms with E-state index in [1.165, 1.54) is 12.8 Å². The number of halogens is 2. The second kappa shape index (κ2) is 5.45. The minimum absolute atomic E-state index is 0.437. The van der Waals surface area contributed by atoms with Crippen LogP contribution in [0.1, 0.15) is 32.3 Å². The summed E-state index contributed by atoms with van der Waals surface area (Å²) in [6.07, 6.45) is 4.24. The first-order valence-electron chi connectivity index (χ1n) is 6.10. The molecule has 4 heteroatoms. The maximum atomic E-state index is 6.03. The van der Waals surface area contributed by atoms with Crippen LogP contribution in [-0.4, -0.2) is 17.6 Å². The molecule has 0 N–H and O–H groups in total. The third-order valence-electron chi connectivity index (χ3n) is 3.73. The van der Waals surface area contributed by atoms with Crippen LogP contribution in [0.25, 0.3) is 0 Å². The van der Waals surface area contributed by atoms with Gasteiger partial charge in [0.05, 0.1) is 5.02 Å². The number of hydrogen-bond acceptors (Lipinski definition) is 2. The Kier molecular flexibility index (Phi) is 4.16. The molecule has 1 aromatic rings. The molecule has 0 amide bonds. The third-order valence-corrected chi connectivity index (χ3v) is 4.36. The third kappa shape index (κ3) is 2.69. The van der Waals surface area contributed by atoms with Crippen molar-refractivity contribution in [3.05, 3.63) is 22.8 Å². The van der Waals surface area contributed by atoms with Crippen LogP contribution in [0, 0.1) is 5.92 Å². The van der Waals surface area contributed by atoms with E-state index in [0.717, 1.165) is 17.9 Å². The average molecular weight is 273 g/mol. The zero-order valence-corrected chi connectivity index (χ0v) is 11.8. The SMILES string of the molecule is CC1CCCN(c2cc(CCl)c(Cl)cn2)C1C. The van der Waals surface area contributed by atoms with E-state index in [1.54, 1.807) is 6.20 Å². The predicted molar refractivity (Wildman–Crippen MR) is 74.0 cm³/mol. The first-order chi connectivity index (χ1) is 8.13. The Hall–Kier alpha value is -0.470. The van der Waals surface area contributed by atoms with Gasteiger partial charge in [-0.15, -0.1) is 11.6 Å². The fraction of sp³-hybridized carbons (Fsp3) is 0.615. The maximum absolute atomic E-state index is 6.03. The summed E-state index contributed by atoms with van der Waals surface area (Å²) < 4.78 is 0. The molecule has 1 fully saturated rings. The highest BCUT2D eigenvalue weighted by Crippen LogP contribution is 2.29. The largest absolute Gasteiger partial charge is 0.354 e. The summed E-state index contributed by atoms with van der Waals surface area (Å²) >= 11 is 11.9. The lowest BCUT2D eigenvalue weighted by Gasteiger charge is -2.39. The standard InChI is InChI=1S/C13H18Cl2N2/c1-9-4-3-5-17(10(9)2)13-6-11(7-14)12(15)8-16-13/h6,8-10H,3-5,7H2,1-2H3.